The molecule has 0 aliphatic heterocycles. The highest BCUT2D eigenvalue weighted by atomic mass is 19.4. The number of carboxylic acids is 1. The lowest BCUT2D eigenvalue weighted by Crippen LogP contribution is -2.15. The number of hydrogen-bond acceptors (Lipinski definition) is 2. The molecule has 4 nitrogen and oxygen atoms in total. The van der Waals surface area contributed by atoms with Gasteiger partial charge in [-0.25, -0.2) is 4.79 Å². The number of para-hydroxylation sites is 1. The van der Waals surface area contributed by atoms with Crippen molar-refractivity contribution in [2.45, 2.75) is 6.18 Å². The Bertz CT molecular complexity index is 709. The summed E-state index contributed by atoms with van der Waals surface area (Å²) in [6.45, 7) is 0. The Morgan fingerprint density at radius 3 is 2.09 bits per heavy atom. The standard InChI is InChI=1S/C15H10F3NO3/c16-15(17,18)10-7-5-9(6-8-10)13(20)19-12-4-2-1-3-11(12)14(21)22/h1-8H,(H,19,20)(H,21,22). The van der Waals surface area contributed by atoms with E-state index >= 15 is 0 Å². The SMILES string of the molecule is O=C(Nc1ccccc1C(=O)O)c1ccc(C(F)(F)F)cc1. The van der Waals surface area contributed by atoms with Crippen molar-refractivity contribution < 1.29 is 27.9 Å². The maximum absolute atomic E-state index is 12.4. The van der Waals surface area contributed by atoms with Gasteiger partial charge in [0.1, 0.15) is 0 Å². The quantitative estimate of drug-likeness (QED) is 0.909. The van der Waals surface area contributed by atoms with E-state index in [-0.39, 0.29) is 16.8 Å². The highest BCUT2D eigenvalue weighted by molar-refractivity contribution is 6.07. The number of alkyl halides is 3. The first-order chi connectivity index (χ1) is 10.3. The van der Waals surface area contributed by atoms with Crippen molar-refractivity contribution in [3.63, 3.8) is 0 Å². The first-order valence-electron chi connectivity index (χ1n) is 6.10. The Morgan fingerprint density at radius 1 is 0.955 bits per heavy atom. The molecule has 0 unspecified atom stereocenters. The van der Waals surface area contributed by atoms with E-state index in [1.54, 1.807) is 0 Å². The van der Waals surface area contributed by atoms with E-state index in [4.69, 9.17) is 5.11 Å². The average Bonchev–Trinajstić information content (AvgIpc) is 2.46. The van der Waals surface area contributed by atoms with Crippen molar-refractivity contribution in [1.29, 1.82) is 0 Å². The molecular formula is C15H10F3NO3. The minimum absolute atomic E-state index is 0.00630. The van der Waals surface area contributed by atoms with Crippen LogP contribution in [0, 0.1) is 0 Å². The second-order valence-corrected chi connectivity index (χ2v) is 4.38. The van der Waals surface area contributed by atoms with Crippen molar-refractivity contribution in [3.8, 4) is 0 Å². The maximum Gasteiger partial charge on any atom is 0.416 e. The van der Waals surface area contributed by atoms with E-state index in [1.165, 1.54) is 24.3 Å². The van der Waals surface area contributed by atoms with E-state index in [2.05, 4.69) is 5.32 Å². The first-order valence-corrected chi connectivity index (χ1v) is 6.10. The van der Waals surface area contributed by atoms with E-state index in [9.17, 15) is 22.8 Å². The molecule has 0 radical (unpaired) electrons. The van der Waals surface area contributed by atoms with Crippen LogP contribution in [0.15, 0.2) is 48.5 Å². The predicted molar refractivity (Wildman–Crippen MR) is 72.8 cm³/mol. The zero-order chi connectivity index (χ0) is 16.3. The maximum atomic E-state index is 12.4. The molecule has 114 valence electrons. The Hall–Kier alpha value is -2.83. The molecule has 1 amide bonds. The van der Waals surface area contributed by atoms with Gasteiger partial charge in [0.15, 0.2) is 0 Å². The summed E-state index contributed by atoms with van der Waals surface area (Å²) in [5, 5.41) is 11.4. The number of rotatable bonds is 3. The van der Waals surface area contributed by atoms with Crippen LogP contribution in [-0.4, -0.2) is 17.0 Å². The van der Waals surface area contributed by atoms with E-state index in [1.807, 2.05) is 0 Å². The van der Waals surface area contributed by atoms with E-state index < -0.39 is 23.6 Å². The normalized spacial score (nSPS) is 11.0. The van der Waals surface area contributed by atoms with E-state index in [0.29, 0.717) is 0 Å². The van der Waals surface area contributed by atoms with Gasteiger partial charge in [0.2, 0.25) is 0 Å². The number of anilines is 1. The second-order valence-electron chi connectivity index (χ2n) is 4.38. The second kappa shape index (κ2) is 5.88. The molecule has 2 N–H and O–H groups in total. The van der Waals surface area contributed by atoms with Gasteiger partial charge < -0.3 is 10.4 Å². The van der Waals surface area contributed by atoms with E-state index in [0.717, 1.165) is 24.3 Å². The number of hydrogen-bond donors (Lipinski definition) is 2. The zero-order valence-electron chi connectivity index (χ0n) is 11.0. The number of benzene rings is 2. The summed E-state index contributed by atoms with van der Waals surface area (Å²) in [6.07, 6.45) is -4.48. The molecule has 0 spiro atoms. The lowest BCUT2D eigenvalue weighted by molar-refractivity contribution is -0.137. The molecule has 2 aromatic rings. The third kappa shape index (κ3) is 3.43. The number of halogens is 3. The molecule has 0 fully saturated rings. The topological polar surface area (TPSA) is 66.4 Å². The first kappa shape index (κ1) is 15.6. The Labute approximate surface area is 123 Å². The van der Waals surface area contributed by atoms with Gasteiger partial charge in [0.05, 0.1) is 16.8 Å². The molecule has 0 atom stereocenters. The molecule has 0 aromatic heterocycles. The fraction of sp³-hybridized carbons (Fsp3) is 0.0667. The monoisotopic (exact) mass is 309 g/mol. The molecule has 0 aliphatic rings. The number of carbonyl (C=O) groups excluding carboxylic acids is 1. The van der Waals surface area contributed by atoms with Crippen LogP contribution in [-0.2, 0) is 6.18 Å². The largest absolute Gasteiger partial charge is 0.478 e. The van der Waals surface area contributed by atoms with Gasteiger partial charge in [-0.15, -0.1) is 0 Å². The highest BCUT2D eigenvalue weighted by Crippen LogP contribution is 2.29. The number of nitrogens with one attached hydrogen (secondary N) is 1. The number of carbonyl (C=O) groups is 2. The van der Waals surface area contributed by atoms with Gasteiger partial charge in [0, 0.05) is 5.56 Å². The molecule has 2 rings (SSSR count). The summed E-state index contributed by atoms with van der Waals surface area (Å²) in [5.74, 6) is -1.91. The van der Waals surface area contributed by atoms with Crippen LogP contribution in [0.25, 0.3) is 0 Å². The number of aromatic carboxylic acids is 1. The van der Waals surface area contributed by atoms with Gasteiger partial charge in [-0.2, -0.15) is 13.2 Å². The Balaban J connectivity index is 2.22. The lowest BCUT2D eigenvalue weighted by atomic mass is 10.1. The average molecular weight is 309 g/mol. The molecule has 0 bridgehead atoms. The summed E-state index contributed by atoms with van der Waals surface area (Å²) >= 11 is 0. The fourth-order valence-electron chi connectivity index (χ4n) is 1.78. The Kier molecular flexibility index (Phi) is 4.16. The van der Waals surface area contributed by atoms with Crippen LogP contribution in [0.5, 0.6) is 0 Å². The third-order valence-electron chi connectivity index (χ3n) is 2.88. The number of carboxylic acid groups (broad SMARTS) is 1. The number of amides is 1. The van der Waals surface area contributed by atoms with Crippen LogP contribution in [0.3, 0.4) is 0 Å². The van der Waals surface area contributed by atoms with Crippen LogP contribution in [0.2, 0.25) is 0 Å². The van der Waals surface area contributed by atoms with Crippen molar-refractivity contribution in [2.24, 2.45) is 0 Å². The molecule has 22 heavy (non-hydrogen) atoms. The van der Waals surface area contributed by atoms with Crippen molar-refractivity contribution in [2.75, 3.05) is 5.32 Å². The van der Waals surface area contributed by atoms with Crippen molar-refractivity contribution >= 4 is 17.6 Å². The molecule has 0 heterocycles. The molecular weight excluding hydrogens is 299 g/mol. The summed E-state index contributed by atoms with van der Waals surface area (Å²) < 4.78 is 37.3. The van der Waals surface area contributed by atoms with Crippen molar-refractivity contribution in [3.05, 3.63) is 65.2 Å². The molecule has 7 heteroatoms. The van der Waals surface area contributed by atoms with Crippen LogP contribution in [0.4, 0.5) is 18.9 Å². The Morgan fingerprint density at radius 2 is 1.55 bits per heavy atom. The minimum Gasteiger partial charge on any atom is -0.478 e. The van der Waals surface area contributed by atoms with Crippen LogP contribution >= 0.6 is 0 Å². The summed E-state index contributed by atoms with van der Waals surface area (Å²) in [6, 6.07) is 9.38. The van der Waals surface area contributed by atoms with Crippen LogP contribution in [0.1, 0.15) is 26.3 Å². The molecule has 0 aliphatic carbocycles. The van der Waals surface area contributed by atoms with Gasteiger partial charge in [-0.1, -0.05) is 12.1 Å². The van der Waals surface area contributed by atoms with Gasteiger partial charge in [0.25, 0.3) is 5.91 Å². The third-order valence-corrected chi connectivity index (χ3v) is 2.88. The van der Waals surface area contributed by atoms with Gasteiger partial charge in [-0.05, 0) is 36.4 Å². The summed E-state index contributed by atoms with van der Waals surface area (Å²) in [4.78, 5) is 23.0. The predicted octanol–water partition coefficient (Wildman–Crippen LogP) is 3.66. The van der Waals surface area contributed by atoms with Gasteiger partial charge in [-0.3, -0.25) is 4.79 Å². The van der Waals surface area contributed by atoms with Gasteiger partial charge >= 0.3 is 12.1 Å². The molecule has 2 aromatic carbocycles. The fourth-order valence-corrected chi connectivity index (χ4v) is 1.78. The van der Waals surface area contributed by atoms with Crippen molar-refractivity contribution in [1.82, 2.24) is 0 Å². The smallest absolute Gasteiger partial charge is 0.416 e. The summed E-state index contributed by atoms with van der Waals surface area (Å²) in [5.41, 5.74) is -0.911. The molecule has 0 saturated heterocycles. The minimum atomic E-state index is -4.48. The highest BCUT2D eigenvalue weighted by Gasteiger charge is 2.30. The lowest BCUT2D eigenvalue weighted by Gasteiger charge is -2.10. The zero-order valence-corrected chi connectivity index (χ0v) is 11.0. The summed E-state index contributed by atoms with van der Waals surface area (Å²) in [7, 11) is 0. The van der Waals surface area contributed by atoms with Crippen LogP contribution < -0.4 is 5.32 Å². The molecule has 0 saturated carbocycles.